The normalized spacial score (nSPS) is 11.8. The van der Waals surface area contributed by atoms with E-state index in [9.17, 15) is 12.8 Å². The maximum atomic E-state index is 13.3. The smallest absolute Gasteiger partial charge is 0.265 e. The van der Waals surface area contributed by atoms with Gasteiger partial charge in [0.1, 0.15) is 5.82 Å². The molecule has 0 fully saturated rings. The minimum absolute atomic E-state index is 0.0488. The Kier molecular flexibility index (Phi) is 4.40. The minimum Gasteiger partial charge on any atom is -0.270 e. The van der Waals surface area contributed by atoms with Crippen LogP contribution in [0.4, 0.5) is 10.2 Å². The number of hydrogen-bond acceptors (Lipinski definition) is 5. The molecule has 5 aromatic rings. The van der Waals surface area contributed by atoms with E-state index in [0.29, 0.717) is 17.0 Å². The van der Waals surface area contributed by atoms with Gasteiger partial charge in [-0.1, -0.05) is 42.5 Å². The van der Waals surface area contributed by atoms with Crippen molar-refractivity contribution in [2.45, 2.75) is 4.90 Å². The van der Waals surface area contributed by atoms with E-state index in [1.165, 1.54) is 19.2 Å². The first-order valence-electron chi connectivity index (χ1n) is 9.40. The summed E-state index contributed by atoms with van der Waals surface area (Å²) in [7, 11) is -2.61. The van der Waals surface area contributed by atoms with E-state index in [4.69, 9.17) is 0 Å². The van der Waals surface area contributed by atoms with Crippen molar-refractivity contribution >= 4 is 32.5 Å². The van der Waals surface area contributed by atoms with Gasteiger partial charge in [0.05, 0.1) is 15.9 Å². The maximum absolute atomic E-state index is 13.3. The molecule has 3 aromatic carbocycles. The molecule has 0 saturated carbocycles. The van der Waals surface area contributed by atoms with Crippen molar-refractivity contribution in [3.05, 3.63) is 84.7 Å². The van der Waals surface area contributed by atoms with Crippen molar-refractivity contribution in [2.75, 3.05) is 11.4 Å². The Morgan fingerprint density at radius 2 is 1.55 bits per heavy atom. The number of rotatable bonds is 4. The summed E-state index contributed by atoms with van der Waals surface area (Å²) < 4.78 is 42.6. The lowest BCUT2D eigenvalue weighted by atomic mass is 10.2. The van der Waals surface area contributed by atoms with Gasteiger partial charge < -0.3 is 0 Å². The van der Waals surface area contributed by atoms with E-state index in [-0.39, 0.29) is 10.7 Å². The quantitative estimate of drug-likeness (QED) is 0.429. The Morgan fingerprint density at radius 1 is 0.871 bits per heavy atom. The molecule has 0 bridgehead atoms. The largest absolute Gasteiger partial charge is 0.270 e. The zero-order valence-electron chi connectivity index (χ0n) is 16.3. The number of aromatic nitrogens is 4. The standard InChI is InChI=1S/C22H16FN5O2S/c1-27(31(29,30)17-13-11-16(23)12-14-17)21-22-26-25-20(15-7-3-2-4-8-15)28(22)19-10-6-5-9-18(19)24-21/h2-14H,1H3. The van der Waals surface area contributed by atoms with Gasteiger partial charge in [-0.05, 0) is 36.4 Å². The summed E-state index contributed by atoms with van der Waals surface area (Å²) in [6, 6.07) is 21.5. The van der Waals surface area contributed by atoms with Crippen LogP contribution in [0.15, 0.2) is 83.8 Å². The van der Waals surface area contributed by atoms with Crippen LogP contribution in [0.5, 0.6) is 0 Å². The van der Waals surface area contributed by atoms with Crippen LogP contribution in [0.3, 0.4) is 0 Å². The Balaban J connectivity index is 1.78. The molecule has 0 radical (unpaired) electrons. The number of fused-ring (bicyclic) bond motifs is 3. The average molecular weight is 433 g/mol. The number of para-hydroxylation sites is 2. The first-order valence-corrected chi connectivity index (χ1v) is 10.8. The molecule has 0 spiro atoms. The first kappa shape index (κ1) is 19.1. The van der Waals surface area contributed by atoms with Crippen LogP contribution < -0.4 is 4.31 Å². The van der Waals surface area contributed by atoms with Crippen molar-refractivity contribution in [3.8, 4) is 11.4 Å². The van der Waals surface area contributed by atoms with Gasteiger partial charge in [0.15, 0.2) is 11.6 Å². The van der Waals surface area contributed by atoms with Crippen LogP contribution in [0.1, 0.15) is 0 Å². The average Bonchev–Trinajstić information content (AvgIpc) is 3.24. The second kappa shape index (κ2) is 7.13. The molecule has 9 heteroatoms. The second-order valence-electron chi connectivity index (χ2n) is 6.90. The lowest BCUT2D eigenvalue weighted by Crippen LogP contribution is -2.28. The summed E-state index contributed by atoms with van der Waals surface area (Å²) in [5.41, 5.74) is 2.47. The van der Waals surface area contributed by atoms with Crippen LogP contribution in [0.25, 0.3) is 28.1 Å². The number of nitrogens with zero attached hydrogens (tertiary/aromatic N) is 5. The fourth-order valence-electron chi connectivity index (χ4n) is 3.43. The lowest BCUT2D eigenvalue weighted by molar-refractivity contribution is 0.592. The van der Waals surface area contributed by atoms with Crippen LogP contribution in [-0.4, -0.2) is 35.0 Å². The molecule has 0 N–H and O–H groups in total. The van der Waals surface area contributed by atoms with Crippen LogP contribution in [-0.2, 0) is 10.0 Å². The third kappa shape index (κ3) is 3.10. The van der Waals surface area contributed by atoms with E-state index in [2.05, 4.69) is 15.2 Å². The monoisotopic (exact) mass is 433 g/mol. The van der Waals surface area contributed by atoms with Crippen molar-refractivity contribution in [2.24, 2.45) is 0 Å². The van der Waals surface area contributed by atoms with E-state index in [1.54, 1.807) is 10.5 Å². The van der Waals surface area contributed by atoms with E-state index in [1.807, 2.05) is 48.5 Å². The molecule has 5 rings (SSSR count). The van der Waals surface area contributed by atoms with Gasteiger partial charge in [0.2, 0.25) is 5.65 Å². The SMILES string of the molecule is CN(c1nc2ccccc2n2c(-c3ccccc3)nnc12)S(=O)(=O)c1ccc(F)cc1. The molecule has 0 aliphatic carbocycles. The molecule has 154 valence electrons. The summed E-state index contributed by atoms with van der Waals surface area (Å²) in [5.74, 6) is 0.179. The number of halogens is 1. The Labute approximate surface area is 177 Å². The van der Waals surface area contributed by atoms with Crippen LogP contribution in [0, 0.1) is 5.82 Å². The molecule has 0 aliphatic rings. The number of anilines is 1. The molecular weight excluding hydrogens is 417 g/mol. The highest BCUT2D eigenvalue weighted by Crippen LogP contribution is 2.30. The lowest BCUT2D eigenvalue weighted by Gasteiger charge is -2.19. The van der Waals surface area contributed by atoms with E-state index >= 15 is 0 Å². The molecule has 0 amide bonds. The van der Waals surface area contributed by atoms with Gasteiger partial charge in [-0.2, -0.15) is 0 Å². The van der Waals surface area contributed by atoms with Gasteiger partial charge in [0.25, 0.3) is 10.0 Å². The van der Waals surface area contributed by atoms with E-state index in [0.717, 1.165) is 27.5 Å². The van der Waals surface area contributed by atoms with Crippen molar-refractivity contribution in [1.82, 2.24) is 19.6 Å². The zero-order valence-corrected chi connectivity index (χ0v) is 17.2. The minimum atomic E-state index is -4.00. The number of sulfonamides is 1. The molecule has 0 aliphatic heterocycles. The van der Waals surface area contributed by atoms with Crippen LogP contribution >= 0.6 is 0 Å². The molecule has 0 saturated heterocycles. The Bertz CT molecular complexity index is 1520. The Hall–Kier alpha value is -3.85. The second-order valence-corrected chi connectivity index (χ2v) is 8.87. The van der Waals surface area contributed by atoms with Gasteiger partial charge in [-0.15, -0.1) is 10.2 Å². The third-order valence-corrected chi connectivity index (χ3v) is 6.78. The van der Waals surface area contributed by atoms with Gasteiger partial charge >= 0.3 is 0 Å². The van der Waals surface area contributed by atoms with Crippen molar-refractivity contribution in [1.29, 1.82) is 0 Å². The summed E-state index contributed by atoms with van der Waals surface area (Å²) >= 11 is 0. The first-order chi connectivity index (χ1) is 15.0. The maximum Gasteiger partial charge on any atom is 0.265 e. The van der Waals surface area contributed by atoms with Gasteiger partial charge in [-0.3, -0.25) is 4.40 Å². The number of benzene rings is 3. The highest BCUT2D eigenvalue weighted by atomic mass is 32.2. The van der Waals surface area contributed by atoms with E-state index < -0.39 is 15.8 Å². The molecule has 0 unspecified atom stereocenters. The molecular formula is C22H16FN5O2S. The summed E-state index contributed by atoms with van der Waals surface area (Å²) in [6.07, 6.45) is 0. The predicted octanol–water partition coefficient (Wildman–Crippen LogP) is 3.91. The van der Waals surface area contributed by atoms with Crippen molar-refractivity contribution in [3.63, 3.8) is 0 Å². The highest BCUT2D eigenvalue weighted by molar-refractivity contribution is 7.92. The number of hydrogen-bond donors (Lipinski definition) is 0. The molecule has 2 heterocycles. The summed E-state index contributed by atoms with van der Waals surface area (Å²) in [4.78, 5) is 4.52. The predicted molar refractivity (Wildman–Crippen MR) is 116 cm³/mol. The fraction of sp³-hybridized carbons (Fsp3) is 0.0455. The Morgan fingerprint density at radius 3 is 2.29 bits per heavy atom. The summed E-state index contributed by atoms with van der Waals surface area (Å²) in [6.45, 7) is 0. The molecule has 0 atom stereocenters. The van der Waals surface area contributed by atoms with Crippen molar-refractivity contribution < 1.29 is 12.8 Å². The molecule has 31 heavy (non-hydrogen) atoms. The molecule has 2 aromatic heterocycles. The topological polar surface area (TPSA) is 80.5 Å². The highest BCUT2D eigenvalue weighted by Gasteiger charge is 2.27. The van der Waals surface area contributed by atoms with Gasteiger partial charge in [0, 0.05) is 12.6 Å². The fourth-order valence-corrected chi connectivity index (χ4v) is 4.58. The summed E-state index contributed by atoms with van der Waals surface area (Å²) in [5, 5.41) is 8.60. The van der Waals surface area contributed by atoms with Crippen LogP contribution in [0.2, 0.25) is 0 Å². The third-order valence-electron chi connectivity index (χ3n) is 5.01. The van der Waals surface area contributed by atoms with Gasteiger partial charge in [-0.25, -0.2) is 22.1 Å². The zero-order chi connectivity index (χ0) is 21.6. The molecule has 7 nitrogen and oxygen atoms in total.